The zero-order chi connectivity index (χ0) is 42.1. The van der Waals surface area contributed by atoms with Crippen LogP contribution >= 0.6 is 0 Å². The summed E-state index contributed by atoms with van der Waals surface area (Å²) >= 11 is 0. The highest BCUT2D eigenvalue weighted by molar-refractivity contribution is 5.70. The molecule has 0 heterocycles. The molecule has 0 aliphatic heterocycles. The molecule has 0 fully saturated rings. The average molecular weight is 815 g/mol. The first kappa shape index (κ1) is 56.1. The Morgan fingerprint density at radius 2 is 0.776 bits per heavy atom. The highest BCUT2D eigenvalue weighted by Crippen LogP contribution is 2.16. The summed E-state index contributed by atoms with van der Waals surface area (Å²) in [6.07, 6.45) is 58.7. The van der Waals surface area contributed by atoms with Gasteiger partial charge in [-0.25, -0.2) is 0 Å². The largest absolute Gasteiger partial charge is 0.462 e. The number of carbonyl (C=O) groups excluding carboxylic acids is 2. The van der Waals surface area contributed by atoms with E-state index in [-0.39, 0.29) is 25.2 Å². The zero-order valence-corrected chi connectivity index (χ0v) is 39.1. The van der Waals surface area contributed by atoms with Crippen LogP contribution in [0.3, 0.4) is 0 Å². The van der Waals surface area contributed by atoms with E-state index in [1.54, 1.807) is 0 Å². The third-order valence-corrected chi connectivity index (χ3v) is 11.2. The van der Waals surface area contributed by atoms with E-state index in [0.29, 0.717) is 19.4 Å². The number of hydrogen-bond acceptors (Lipinski definition) is 5. The molecule has 0 saturated heterocycles. The van der Waals surface area contributed by atoms with E-state index < -0.39 is 6.10 Å². The maximum atomic E-state index is 12.7. The van der Waals surface area contributed by atoms with Crippen molar-refractivity contribution in [2.75, 3.05) is 19.8 Å². The SMILES string of the molecule is CC/C=C\C/C=C\C/C=C\CCCCCCOCC(COC(=O)CCCCCCCCCCCCCCCCCCC)OC(=O)CCCCCCCCCCCCC. The van der Waals surface area contributed by atoms with Crippen molar-refractivity contribution in [3.63, 3.8) is 0 Å². The maximum absolute atomic E-state index is 12.7. The number of ether oxygens (including phenoxy) is 3. The van der Waals surface area contributed by atoms with Crippen LogP contribution in [0.25, 0.3) is 0 Å². The van der Waals surface area contributed by atoms with E-state index in [0.717, 1.165) is 64.2 Å². The molecule has 0 amide bonds. The number of allylic oxidation sites excluding steroid dienone is 6. The van der Waals surface area contributed by atoms with Crippen molar-refractivity contribution < 1.29 is 23.8 Å². The van der Waals surface area contributed by atoms with Gasteiger partial charge in [-0.1, -0.05) is 237 Å². The van der Waals surface area contributed by atoms with Gasteiger partial charge in [-0.2, -0.15) is 0 Å². The average Bonchev–Trinajstić information content (AvgIpc) is 3.22. The Bertz CT molecular complexity index is 924. The first-order valence-electron chi connectivity index (χ1n) is 25.5. The van der Waals surface area contributed by atoms with Gasteiger partial charge in [-0.15, -0.1) is 0 Å². The van der Waals surface area contributed by atoms with Crippen LogP contribution in [0.1, 0.15) is 265 Å². The molecule has 340 valence electrons. The monoisotopic (exact) mass is 815 g/mol. The highest BCUT2D eigenvalue weighted by atomic mass is 16.6. The Morgan fingerprint density at radius 3 is 1.24 bits per heavy atom. The van der Waals surface area contributed by atoms with Gasteiger partial charge in [0.25, 0.3) is 0 Å². The Labute approximate surface area is 361 Å². The minimum Gasteiger partial charge on any atom is -0.462 e. The number of esters is 2. The summed E-state index contributed by atoms with van der Waals surface area (Å²) in [7, 11) is 0. The quantitative estimate of drug-likeness (QED) is 0.0348. The predicted octanol–water partition coefficient (Wildman–Crippen LogP) is 17.0. The standard InChI is InChI=1S/C53H98O5/c1-4-7-10-13-16-19-22-24-26-27-28-29-32-34-37-40-43-46-52(54)57-50-51(58-53(55)47-44-41-38-35-31-21-18-15-12-9-6-3)49-56-48-45-42-39-36-33-30-25-23-20-17-14-11-8-5-2/h8,11,17,20,25,30,51H,4-7,9-10,12-16,18-19,21-24,26-29,31-50H2,1-3H3/b11-8-,20-17-,30-25-. The van der Waals surface area contributed by atoms with Crippen LogP contribution in [0.5, 0.6) is 0 Å². The molecular weight excluding hydrogens is 717 g/mol. The highest BCUT2D eigenvalue weighted by Gasteiger charge is 2.17. The fourth-order valence-corrected chi connectivity index (χ4v) is 7.41. The van der Waals surface area contributed by atoms with Crippen LogP contribution < -0.4 is 0 Å². The normalized spacial score (nSPS) is 12.4. The van der Waals surface area contributed by atoms with Gasteiger partial charge in [-0.3, -0.25) is 9.59 Å². The van der Waals surface area contributed by atoms with Gasteiger partial charge in [0.15, 0.2) is 6.10 Å². The van der Waals surface area contributed by atoms with Crippen LogP contribution in [0, 0.1) is 0 Å². The van der Waals surface area contributed by atoms with Crippen molar-refractivity contribution in [1.82, 2.24) is 0 Å². The van der Waals surface area contributed by atoms with E-state index in [1.807, 2.05) is 0 Å². The molecule has 0 aromatic carbocycles. The number of carbonyl (C=O) groups is 2. The van der Waals surface area contributed by atoms with Crippen LogP contribution in [0.4, 0.5) is 0 Å². The molecule has 0 aliphatic rings. The zero-order valence-electron chi connectivity index (χ0n) is 39.1. The molecule has 5 heteroatoms. The van der Waals surface area contributed by atoms with E-state index in [4.69, 9.17) is 14.2 Å². The van der Waals surface area contributed by atoms with Crippen molar-refractivity contribution in [3.8, 4) is 0 Å². The van der Waals surface area contributed by atoms with Crippen LogP contribution in [-0.4, -0.2) is 37.9 Å². The van der Waals surface area contributed by atoms with Gasteiger partial charge >= 0.3 is 11.9 Å². The van der Waals surface area contributed by atoms with Gasteiger partial charge in [-0.05, 0) is 51.4 Å². The van der Waals surface area contributed by atoms with Gasteiger partial charge in [0.1, 0.15) is 6.61 Å². The molecule has 0 aliphatic carbocycles. The topological polar surface area (TPSA) is 61.8 Å². The van der Waals surface area contributed by atoms with E-state index >= 15 is 0 Å². The Balaban J connectivity index is 4.21. The number of unbranched alkanes of at least 4 members (excludes halogenated alkanes) is 30. The molecule has 0 aromatic heterocycles. The second-order valence-electron chi connectivity index (χ2n) is 17.1. The summed E-state index contributed by atoms with van der Waals surface area (Å²) in [5.74, 6) is -0.396. The molecule has 0 saturated carbocycles. The van der Waals surface area contributed by atoms with Crippen LogP contribution in [0.15, 0.2) is 36.5 Å². The van der Waals surface area contributed by atoms with Gasteiger partial charge < -0.3 is 14.2 Å². The Kier molecular flexibility index (Phi) is 47.9. The van der Waals surface area contributed by atoms with Gasteiger partial charge in [0.2, 0.25) is 0 Å². The molecule has 0 radical (unpaired) electrons. The number of hydrogen-bond donors (Lipinski definition) is 0. The molecule has 1 atom stereocenters. The van der Waals surface area contributed by atoms with Crippen molar-refractivity contribution in [3.05, 3.63) is 36.5 Å². The van der Waals surface area contributed by atoms with Crippen molar-refractivity contribution in [2.24, 2.45) is 0 Å². The minimum absolute atomic E-state index is 0.0821. The first-order chi connectivity index (χ1) is 28.6. The summed E-state index contributed by atoms with van der Waals surface area (Å²) in [6, 6.07) is 0. The smallest absolute Gasteiger partial charge is 0.306 e. The lowest BCUT2D eigenvalue weighted by molar-refractivity contribution is -0.163. The summed E-state index contributed by atoms with van der Waals surface area (Å²) in [5, 5.41) is 0. The lowest BCUT2D eigenvalue weighted by atomic mass is 10.0. The molecule has 0 bridgehead atoms. The lowest BCUT2D eigenvalue weighted by Gasteiger charge is -2.18. The second-order valence-corrected chi connectivity index (χ2v) is 17.1. The molecule has 5 nitrogen and oxygen atoms in total. The minimum atomic E-state index is -0.540. The van der Waals surface area contributed by atoms with Crippen LogP contribution in [0.2, 0.25) is 0 Å². The molecule has 1 unspecified atom stereocenters. The molecule has 0 rings (SSSR count). The second kappa shape index (κ2) is 49.5. The van der Waals surface area contributed by atoms with Gasteiger partial charge in [0.05, 0.1) is 6.61 Å². The first-order valence-corrected chi connectivity index (χ1v) is 25.5. The predicted molar refractivity (Wildman–Crippen MR) is 252 cm³/mol. The van der Waals surface area contributed by atoms with Crippen LogP contribution in [-0.2, 0) is 23.8 Å². The summed E-state index contributed by atoms with van der Waals surface area (Å²) < 4.78 is 17.4. The fraction of sp³-hybridized carbons (Fsp3) is 0.849. The molecule has 0 spiro atoms. The summed E-state index contributed by atoms with van der Waals surface area (Å²) in [4.78, 5) is 25.3. The lowest BCUT2D eigenvalue weighted by Crippen LogP contribution is -2.30. The van der Waals surface area contributed by atoms with Crippen molar-refractivity contribution in [2.45, 2.75) is 271 Å². The van der Waals surface area contributed by atoms with E-state index in [1.165, 1.54) is 167 Å². The Hall–Kier alpha value is -1.88. The van der Waals surface area contributed by atoms with Gasteiger partial charge in [0, 0.05) is 19.4 Å². The number of rotatable bonds is 47. The summed E-state index contributed by atoms with van der Waals surface area (Å²) in [6.45, 7) is 7.70. The van der Waals surface area contributed by atoms with E-state index in [9.17, 15) is 9.59 Å². The van der Waals surface area contributed by atoms with Crippen molar-refractivity contribution in [1.29, 1.82) is 0 Å². The molecule has 58 heavy (non-hydrogen) atoms. The third kappa shape index (κ3) is 46.8. The summed E-state index contributed by atoms with van der Waals surface area (Å²) in [5.41, 5.74) is 0. The third-order valence-electron chi connectivity index (χ3n) is 11.2. The van der Waals surface area contributed by atoms with Crippen molar-refractivity contribution >= 4 is 11.9 Å². The molecule has 0 aromatic rings. The fourth-order valence-electron chi connectivity index (χ4n) is 7.41. The molecule has 0 N–H and O–H groups in total. The molecular formula is C53H98O5. The Morgan fingerprint density at radius 1 is 0.397 bits per heavy atom. The van der Waals surface area contributed by atoms with E-state index in [2.05, 4.69) is 57.2 Å². The maximum Gasteiger partial charge on any atom is 0.306 e.